The minimum Gasteiger partial charge on any atom is -0.310 e. The van der Waals surface area contributed by atoms with Gasteiger partial charge in [-0.2, -0.15) is 0 Å². The zero-order valence-corrected chi connectivity index (χ0v) is 41.3. The SMILES string of the molecule is c1ccc(-c2nc3cc(N(c4ccccc4)c4ccccc4)cc4c3n2-c2cc(N(c3ccccc3)c3ccccc3)cc3c2B4c2cc(N(c4ccccc4)c4ccccc4)cc4nc(-c5ccccc5)n-3c24)cc1. The standard InChI is InChI=1S/C68H46BN7/c1-9-25-47(26-10-1)67-70-60-43-55(72(49-29-13-3-14-30-49)50-31-15-4-16-32-50)41-58-65(60)75(67)62-45-57(74(53-37-21-7-22-38-53)54-39-23-8-24-40-54)46-63-64(62)69(58)59-42-56(73(51-33-17-5-18-34-51)52-35-19-6-20-36-52)44-61-66(59)76(63)68(71-61)48-27-11-2-12-28-48/h1-46H. The van der Waals surface area contributed by atoms with Gasteiger partial charge in [-0.25, -0.2) is 9.97 Å². The summed E-state index contributed by atoms with van der Waals surface area (Å²) in [7, 11) is 0. The van der Waals surface area contributed by atoms with Crippen LogP contribution < -0.4 is 31.1 Å². The number of rotatable bonds is 11. The Bertz CT molecular complexity index is 3920. The van der Waals surface area contributed by atoms with Gasteiger partial charge in [-0.15, -0.1) is 0 Å². The second-order valence-electron chi connectivity index (χ2n) is 19.4. The largest absolute Gasteiger partial charge is 0.310 e. The van der Waals surface area contributed by atoms with E-state index in [0.29, 0.717) is 0 Å². The van der Waals surface area contributed by atoms with Gasteiger partial charge in [-0.05, 0) is 126 Å². The summed E-state index contributed by atoms with van der Waals surface area (Å²) in [6, 6.07) is 99.8. The van der Waals surface area contributed by atoms with Crippen molar-refractivity contribution in [3.05, 3.63) is 279 Å². The highest BCUT2D eigenvalue weighted by Crippen LogP contribution is 2.45. The molecule has 0 spiro atoms. The summed E-state index contributed by atoms with van der Waals surface area (Å²) in [4.78, 5) is 18.6. The van der Waals surface area contributed by atoms with E-state index in [0.717, 1.165) is 107 Å². The minimum absolute atomic E-state index is 0.256. The first kappa shape index (κ1) is 43.4. The molecule has 0 N–H and O–H groups in total. The van der Waals surface area contributed by atoms with Gasteiger partial charge >= 0.3 is 0 Å². The highest BCUT2D eigenvalue weighted by atomic mass is 15.2. The molecule has 11 aromatic carbocycles. The molecule has 8 heteroatoms. The summed E-state index contributed by atoms with van der Waals surface area (Å²) in [5.74, 6) is 1.75. The van der Waals surface area contributed by atoms with Gasteiger partial charge in [0.05, 0.1) is 27.8 Å². The zero-order valence-electron chi connectivity index (χ0n) is 41.3. The average molecular weight is 972 g/mol. The molecule has 0 amide bonds. The van der Waals surface area contributed by atoms with E-state index in [1.807, 2.05) is 0 Å². The number of benzene rings is 11. The van der Waals surface area contributed by atoms with Gasteiger partial charge in [0, 0.05) is 68.0 Å². The van der Waals surface area contributed by atoms with E-state index >= 15 is 0 Å². The Morgan fingerprint density at radius 3 is 0.829 bits per heavy atom. The fourth-order valence-corrected chi connectivity index (χ4v) is 11.9. The first-order valence-corrected chi connectivity index (χ1v) is 25.9. The molecule has 2 aliphatic rings. The highest BCUT2D eigenvalue weighted by molar-refractivity contribution is 7.00. The molecule has 76 heavy (non-hydrogen) atoms. The molecule has 7 nitrogen and oxygen atoms in total. The van der Waals surface area contributed by atoms with Crippen molar-refractivity contribution >= 4 is 96.4 Å². The van der Waals surface area contributed by atoms with Crippen LogP contribution in [-0.2, 0) is 0 Å². The molecule has 15 rings (SSSR count). The molecule has 13 aromatic rings. The lowest BCUT2D eigenvalue weighted by atomic mass is 9.34. The number of hydrogen-bond donors (Lipinski definition) is 0. The third-order valence-electron chi connectivity index (χ3n) is 15.0. The Balaban J connectivity index is 1.11. The number of imidazole rings is 2. The van der Waals surface area contributed by atoms with Crippen molar-refractivity contribution in [2.24, 2.45) is 0 Å². The van der Waals surface area contributed by atoms with Gasteiger partial charge in [0.2, 0.25) is 0 Å². The summed E-state index contributed by atoms with van der Waals surface area (Å²) in [6.07, 6.45) is 0. The van der Waals surface area contributed by atoms with E-state index in [-0.39, 0.29) is 6.71 Å². The molecular weight excluding hydrogens is 926 g/mol. The van der Waals surface area contributed by atoms with Gasteiger partial charge < -0.3 is 14.7 Å². The Morgan fingerprint density at radius 2 is 0.539 bits per heavy atom. The molecule has 0 bridgehead atoms. The molecule has 4 heterocycles. The fourth-order valence-electron chi connectivity index (χ4n) is 11.9. The van der Waals surface area contributed by atoms with Crippen LogP contribution in [0.3, 0.4) is 0 Å². The van der Waals surface area contributed by atoms with Crippen LogP contribution in [0.5, 0.6) is 0 Å². The highest BCUT2D eigenvalue weighted by Gasteiger charge is 2.43. The molecule has 2 aliphatic heterocycles. The Labute approximate surface area is 441 Å². The quantitative estimate of drug-likeness (QED) is 0.121. The average Bonchev–Trinajstić information content (AvgIpc) is 4.16. The van der Waals surface area contributed by atoms with Crippen molar-refractivity contribution in [1.82, 2.24) is 19.1 Å². The van der Waals surface area contributed by atoms with Crippen LogP contribution in [0.2, 0.25) is 0 Å². The van der Waals surface area contributed by atoms with Gasteiger partial charge in [-0.3, -0.25) is 9.13 Å². The van der Waals surface area contributed by atoms with E-state index in [2.05, 4.69) is 303 Å². The molecule has 2 aromatic heterocycles. The second-order valence-corrected chi connectivity index (χ2v) is 19.4. The first-order valence-electron chi connectivity index (χ1n) is 25.9. The lowest BCUT2D eigenvalue weighted by Crippen LogP contribution is -2.59. The molecule has 0 unspecified atom stereocenters. The minimum atomic E-state index is -0.256. The first-order chi connectivity index (χ1) is 37.7. The smallest absolute Gasteiger partial charge is 0.252 e. The Morgan fingerprint density at radius 1 is 0.276 bits per heavy atom. The van der Waals surface area contributed by atoms with Crippen LogP contribution in [0, 0.1) is 0 Å². The maximum absolute atomic E-state index is 5.76. The van der Waals surface area contributed by atoms with Crippen molar-refractivity contribution in [2.45, 2.75) is 0 Å². The van der Waals surface area contributed by atoms with Crippen LogP contribution >= 0.6 is 0 Å². The fraction of sp³-hybridized carbons (Fsp3) is 0. The number of anilines is 9. The van der Waals surface area contributed by atoms with Gasteiger partial charge in [0.15, 0.2) is 0 Å². The van der Waals surface area contributed by atoms with E-state index in [1.54, 1.807) is 0 Å². The summed E-state index contributed by atoms with van der Waals surface area (Å²) >= 11 is 0. The Hall–Kier alpha value is -10.2. The van der Waals surface area contributed by atoms with E-state index < -0.39 is 0 Å². The lowest BCUT2D eigenvalue weighted by Gasteiger charge is -2.37. The number of nitrogens with zero attached hydrogens (tertiary/aromatic N) is 7. The molecule has 0 aliphatic carbocycles. The van der Waals surface area contributed by atoms with Crippen molar-refractivity contribution < 1.29 is 0 Å². The third kappa shape index (κ3) is 6.99. The molecular formula is C68H46BN7. The number of para-hydroxylation sites is 6. The molecule has 356 valence electrons. The predicted molar refractivity (Wildman–Crippen MR) is 315 cm³/mol. The maximum Gasteiger partial charge on any atom is 0.252 e. The summed E-state index contributed by atoms with van der Waals surface area (Å²) < 4.78 is 4.91. The van der Waals surface area contributed by atoms with Crippen LogP contribution in [0.1, 0.15) is 0 Å². The zero-order chi connectivity index (χ0) is 50.1. The molecule has 0 radical (unpaired) electrons. The van der Waals surface area contributed by atoms with Gasteiger partial charge in [0.25, 0.3) is 6.71 Å². The maximum atomic E-state index is 5.76. The molecule has 0 saturated heterocycles. The Kier molecular flexibility index (Phi) is 10.2. The predicted octanol–water partition coefficient (Wildman–Crippen LogP) is 15.3. The van der Waals surface area contributed by atoms with Crippen molar-refractivity contribution in [2.75, 3.05) is 14.7 Å². The molecule has 0 atom stereocenters. The van der Waals surface area contributed by atoms with Crippen LogP contribution in [-0.4, -0.2) is 25.8 Å². The van der Waals surface area contributed by atoms with Crippen molar-refractivity contribution in [3.8, 4) is 34.2 Å². The number of hydrogen-bond acceptors (Lipinski definition) is 5. The topological polar surface area (TPSA) is 45.4 Å². The van der Waals surface area contributed by atoms with Gasteiger partial charge in [-0.1, -0.05) is 170 Å². The van der Waals surface area contributed by atoms with E-state index in [4.69, 9.17) is 9.97 Å². The van der Waals surface area contributed by atoms with E-state index in [1.165, 1.54) is 16.4 Å². The number of aromatic nitrogens is 4. The van der Waals surface area contributed by atoms with Crippen LogP contribution in [0.15, 0.2) is 279 Å². The third-order valence-corrected chi connectivity index (χ3v) is 15.0. The molecule has 0 fully saturated rings. The van der Waals surface area contributed by atoms with Crippen LogP contribution in [0.4, 0.5) is 51.2 Å². The van der Waals surface area contributed by atoms with Crippen molar-refractivity contribution in [1.29, 1.82) is 0 Å². The summed E-state index contributed by atoms with van der Waals surface area (Å²) in [5, 5.41) is 0. The summed E-state index contributed by atoms with van der Waals surface area (Å²) in [5.41, 5.74) is 21.1. The monoisotopic (exact) mass is 971 g/mol. The summed E-state index contributed by atoms with van der Waals surface area (Å²) in [6.45, 7) is -0.256. The van der Waals surface area contributed by atoms with Gasteiger partial charge in [0.1, 0.15) is 11.6 Å². The normalized spacial score (nSPS) is 11.9. The lowest BCUT2D eigenvalue weighted by molar-refractivity contribution is 1.07. The molecule has 0 saturated carbocycles. The van der Waals surface area contributed by atoms with Crippen LogP contribution in [0.25, 0.3) is 56.2 Å². The second kappa shape index (κ2) is 17.8. The van der Waals surface area contributed by atoms with E-state index in [9.17, 15) is 0 Å². The van der Waals surface area contributed by atoms with Crippen molar-refractivity contribution in [3.63, 3.8) is 0 Å². The number of fused-ring (bicyclic) bond motifs is 4.